The molecule has 30 heavy (non-hydrogen) atoms. The van der Waals surface area contributed by atoms with E-state index in [2.05, 4.69) is 24.8 Å². The molecule has 0 bridgehead atoms. The predicted octanol–water partition coefficient (Wildman–Crippen LogP) is 1.06. The molecule has 0 saturated heterocycles. The fraction of sp³-hybridized carbons (Fsp3) is 0.368. The summed E-state index contributed by atoms with van der Waals surface area (Å²) in [6.07, 6.45) is 6.95. The van der Waals surface area contributed by atoms with Gasteiger partial charge in [-0.2, -0.15) is 9.78 Å². The molecule has 1 saturated carbocycles. The Morgan fingerprint density at radius 3 is 2.77 bits per heavy atom. The molecule has 0 spiro atoms. The molecule has 0 unspecified atom stereocenters. The molecule has 4 rings (SSSR count). The van der Waals surface area contributed by atoms with Gasteiger partial charge in [-0.15, -0.1) is 0 Å². The number of nitrogens with two attached hydrogens (primary N) is 1. The lowest BCUT2D eigenvalue weighted by atomic mass is 9.69. The second-order valence-corrected chi connectivity index (χ2v) is 9.38. The third kappa shape index (κ3) is 3.78. The largest absolute Gasteiger partial charge is 0.396 e. The lowest BCUT2D eigenvalue weighted by molar-refractivity contribution is 0.0499. The minimum atomic E-state index is -3.75. The Hall–Kier alpha value is -2.89. The first-order valence-corrected chi connectivity index (χ1v) is 11.0. The third-order valence-corrected chi connectivity index (χ3v) is 7.00. The highest BCUT2D eigenvalue weighted by Crippen LogP contribution is 2.40. The zero-order valence-corrected chi connectivity index (χ0v) is 17.3. The van der Waals surface area contributed by atoms with E-state index in [0.717, 1.165) is 24.8 Å². The van der Waals surface area contributed by atoms with Crippen LogP contribution in [0.3, 0.4) is 0 Å². The van der Waals surface area contributed by atoms with Crippen molar-refractivity contribution in [2.24, 2.45) is 5.41 Å². The quantitative estimate of drug-likeness (QED) is 0.505. The Morgan fingerprint density at radius 1 is 1.33 bits per heavy atom. The molecule has 11 heteroatoms. The summed E-state index contributed by atoms with van der Waals surface area (Å²) in [5.41, 5.74) is 7.49. The van der Waals surface area contributed by atoms with E-state index in [-0.39, 0.29) is 29.3 Å². The van der Waals surface area contributed by atoms with E-state index in [4.69, 9.17) is 5.73 Å². The van der Waals surface area contributed by atoms with Crippen LogP contribution in [-0.2, 0) is 10.0 Å². The van der Waals surface area contributed by atoms with Crippen molar-refractivity contribution < 1.29 is 13.5 Å². The summed E-state index contributed by atoms with van der Waals surface area (Å²) >= 11 is 0. The molecule has 2 heterocycles. The van der Waals surface area contributed by atoms with Gasteiger partial charge in [0.25, 0.3) is 0 Å². The van der Waals surface area contributed by atoms with Gasteiger partial charge in [-0.05, 0) is 37.5 Å². The van der Waals surface area contributed by atoms with Gasteiger partial charge in [0.2, 0.25) is 10.0 Å². The summed E-state index contributed by atoms with van der Waals surface area (Å²) in [7, 11) is -3.75. The molecular formula is C19H23N7O3S. The van der Waals surface area contributed by atoms with Gasteiger partial charge in [-0.25, -0.2) is 28.1 Å². The van der Waals surface area contributed by atoms with Gasteiger partial charge >= 0.3 is 0 Å². The molecule has 1 aliphatic rings. The van der Waals surface area contributed by atoms with Crippen LogP contribution in [-0.4, -0.2) is 51.4 Å². The number of aliphatic hydroxyl groups is 1. The van der Waals surface area contributed by atoms with E-state index in [0.29, 0.717) is 17.1 Å². The van der Waals surface area contributed by atoms with E-state index in [1.165, 1.54) is 23.5 Å². The fourth-order valence-corrected chi connectivity index (χ4v) is 4.63. The summed E-state index contributed by atoms with van der Waals surface area (Å²) in [4.78, 5) is 12.7. The first-order valence-electron chi connectivity index (χ1n) is 9.53. The van der Waals surface area contributed by atoms with Crippen molar-refractivity contribution in [2.75, 3.05) is 18.9 Å². The maximum Gasteiger partial charge on any atom is 0.240 e. The Kier molecular flexibility index (Phi) is 5.26. The van der Waals surface area contributed by atoms with Crippen molar-refractivity contribution in [1.82, 2.24) is 29.5 Å². The van der Waals surface area contributed by atoms with Gasteiger partial charge in [0.05, 0.1) is 16.8 Å². The summed E-state index contributed by atoms with van der Waals surface area (Å²) in [6.45, 7) is 2.05. The van der Waals surface area contributed by atoms with E-state index < -0.39 is 10.0 Å². The number of aromatic nitrogens is 5. The number of nitrogens with zero attached hydrogens (tertiary/aromatic N) is 5. The minimum absolute atomic E-state index is 0.0270. The van der Waals surface area contributed by atoms with Crippen molar-refractivity contribution in [1.29, 1.82) is 0 Å². The molecule has 158 valence electrons. The molecular weight excluding hydrogens is 406 g/mol. The van der Waals surface area contributed by atoms with Crippen LogP contribution in [0.4, 0.5) is 5.82 Å². The van der Waals surface area contributed by atoms with E-state index in [9.17, 15) is 13.5 Å². The number of nitrogen functional groups attached to an aromatic ring is 1. The molecule has 2 aromatic heterocycles. The number of aliphatic hydroxyl groups excluding tert-OH is 1. The van der Waals surface area contributed by atoms with Gasteiger partial charge in [0.1, 0.15) is 12.7 Å². The average Bonchev–Trinajstić information content (AvgIpc) is 3.23. The average molecular weight is 430 g/mol. The Balaban J connectivity index is 1.66. The number of anilines is 1. The van der Waals surface area contributed by atoms with Gasteiger partial charge in [-0.1, -0.05) is 12.5 Å². The van der Waals surface area contributed by atoms with Gasteiger partial charge < -0.3 is 10.8 Å². The third-order valence-electron chi connectivity index (χ3n) is 5.60. The molecule has 0 radical (unpaired) electrons. The van der Waals surface area contributed by atoms with Crippen molar-refractivity contribution in [3.8, 4) is 17.1 Å². The summed E-state index contributed by atoms with van der Waals surface area (Å²) in [6, 6.07) is 4.84. The normalized spacial score (nSPS) is 15.7. The van der Waals surface area contributed by atoms with E-state index in [1.54, 1.807) is 18.2 Å². The highest BCUT2D eigenvalue weighted by molar-refractivity contribution is 7.89. The van der Waals surface area contributed by atoms with Crippen LogP contribution in [0.15, 0.2) is 41.9 Å². The molecule has 0 atom stereocenters. The van der Waals surface area contributed by atoms with Crippen LogP contribution in [0.2, 0.25) is 0 Å². The zero-order valence-electron chi connectivity index (χ0n) is 16.5. The Bertz CT molecular complexity index is 1150. The Labute approximate surface area is 174 Å². The standard InChI is InChI=1S/C19H23N7O3S/c1-13-3-4-14(30(28,29)24-9-19(10-27)5-2-6-19)7-15(13)16-8-22-17(20)18(25-16)26-12-21-11-23-26/h3-4,7-8,11-12,24,27H,2,5-6,9-10H2,1H3,(H2,20,22). The molecule has 0 amide bonds. The molecule has 0 aliphatic heterocycles. The monoisotopic (exact) mass is 429 g/mol. The fourth-order valence-electron chi connectivity index (χ4n) is 3.45. The maximum absolute atomic E-state index is 12.9. The van der Waals surface area contributed by atoms with Crippen LogP contribution in [0.25, 0.3) is 17.1 Å². The molecule has 10 nitrogen and oxygen atoms in total. The van der Waals surface area contributed by atoms with Crippen LogP contribution in [0.1, 0.15) is 24.8 Å². The van der Waals surface area contributed by atoms with Crippen LogP contribution in [0.5, 0.6) is 0 Å². The number of nitrogens with one attached hydrogen (secondary N) is 1. The number of hydrogen-bond donors (Lipinski definition) is 3. The van der Waals surface area contributed by atoms with Crippen LogP contribution < -0.4 is 10.5 Å². The number of benzene rings is 1. The lowest BCUT2D eigenvalue weighted by Crippen LogP contribution is -2.44. The SMILES string of the molecule is Cc1ccc(S(=O)(=O)NCC2(CO)CCC2)cc1-c1cnc(N)c(-n2cncn2)n1. The van der Waals surface area contributed by atoms with Crippen LogP contribution in [0, 0.1) is 12.3 Å². The number of rotatable bonds is 7. The van der Waals surface area contributed by atoms with Gasteiger partial charge in [0.15, 0.2) is 11.6 Å². The van der Waals surface area contributed by atoms with E-state index in [1.807, 2.05) is 6.92 Å². The highest BCUT2D eigenvalue weighted by atomic mass is 32.2. The smallest absolute Gasteiger partial charge is 0.240 e. The number of aryl methyl sites for hydroxylation is 1. The van der Waals surface area contributed by atoms with Crippen molar-refractivity contribution in [3.05, 3.63) is 42.6 Å². The molecule has 1 aromatic carbocycles. The van der Waals surface area contributed by atoms with Crippen LogP contribution >= 0.6 is 0 Å². The number of sulfonamides is 1. The first kappa shape index (κ1) is 20.4. The predicted molar refractivity (Wildman–Crippen MR) is 110 cm³/mol. The Morgan fingerprint density at radius 2 is 2.13 bits per heavy atom. The van der Waals surface area contributed by atoms with Crippen molar-refractivity contribution in [3.63, 3.8) is 0 Å². The van der Waals surface area contributed by atoms with Crippen molar-refractivity contribution >= 4 is 15.8 Å². The molecule has 1 fully saturated rings. The maximum atomic E-state index is 12.9. The topological polar surface area (TPSA) is 149 Å². The van der Waals surface area contributed by atoms with Gasteiger partial charge in [0, 0.05) is 24.1 Å². The molecule has 4 N–H and O–H groups in total. The summed E-state index contributed by atoms with van der Waals surface area (Å²) in [5.74, 6) is 0.493. The second-order valence-electron chi connectivity index (χ2n) is 7.62. The zero-order chi connectivity index (χ0) is 21.4. The molecule has 1 aliphatic carbocycles. The van der Waals surface area contributed by atoms with Gasteiger partial charge in [-0.3, -0.25) is 0 Å². The second kappa shape index (κ2) is 7.74. The van der Waals surface area contributed by atoms with E-state index >= 15 is 0 Å². The molecule has 3 aromatic rings. The number of hydrogen-bond acceptors (Lipinski definition) is 8. The summed E-state index contributed by atoms with van der Waals surface area (Å²) in [5, 5.41) is 13.6. The highest BCUT2D eigenvalue weighted by Gasteiger charge is 2.37. The lowest BCUT2D eigenvalue weighted by Gasteiger charge is -2.40. The first-order chi connectivity index (χ1) is 14.3. The summed E-state index contributed by atoms with van der Waals surface area (Å²) < 4.78 is 29.8. The van der Waals surface area contributed by atoms with Crippen molar-refractivity contribution in [2.45, 2.75) is 31.1 Å². The minimum Gasteiger partial charge on any atom is -0.396 e.